The van der Waals surface area contributed by atoms with Crippen LogP contribution in [0.1, 0.15) is 36.5 Å². The fourth-order valence-electron chi connectivity index (χ4n) is 4.01. The molecule has 0 saturated heterocycles. The summed E-state index contributed by atoms with van der Waals surface area (Å²) in [6.07, 6.45) is 4.48. The Kier molecular flexibility index (Phi) is 11.4. The number of aldehydes is 1. The number of fused-ring (bicyclic) bond motifs is 1. The topological polar surface area (TPSA) is 69.6 Å². The van der Waals surface area contributed by atoms with E-state index in [0.717, 1.165) is 42.1 Å². The third-order valence-corrected chi connectivity index (χ3v) is 5.86. The number of carbonyl (C=O) groups excluding carboxylic acids is 2. The van der Waals surface area contributed by atoms with Crippen molar-refractivity contribution in [3.8, 4) is 0 Å². The van der Waals surface area contributed by atoms with Gasteiger partial charge in [-0.05, 0) is 29.2 Å². The summed E-state index contributed by atoms with van der Waals surface area (Å²) in [6, 6.07) is 27.8. The highest BCUT2D eigenvalue weighted by Crippen LogP contribution is 2.23. The number of methoxy groups -OCH3 is 1. The number of benzene rings is 3. The van der Waals surface area contributed by atoms with Gasteiger partial charge in [-0.2, -0.15) is 0 Å². The normalized spacial score (nSPS) is 11.3. The molecule has 0 saturated carbocycles. The highest BCUT2D eigenvalue weighted by atomic mass is 16.5. The Morgan fingerprint density at radius 2 is 1.59 bits per heavy atom. The molecule has 0 bridgehead atoms. The molecule has 1 N–H and O–H groups in total. The van der Waals surface area contributed by atoms with E-state index in [1.165, 1.54) is 11.1 Å². The Morgan fingerprint density at radius 3 is 2.24 bits per heavy atom. The molecule has 6 heteroatoms. The SMILES string of the molecule is CCCCOC(=O)N[C@H](C=O)Cc1cn(Cc2ccccc2)c2ccccc12.COCc1ccccc1. The summed E-state index contributed by atoms with van der Waals surface area (Å²) >= 11 is 0. The maximum atomic E-state index is 11.9. The van der Waals surface area contributed by atoms with Crippen molar-refractivity contribution in [3.63, 3.8) is 0 Å². The third-order valence-electron chi connectivity index (χ3n) is 5.86. The van der Waals surface area contributed by atoms with Gasteiger partial charge in [0.15, 0.2) is 0 Å². The molecule has 0 radical (unpaired) electrons. The second-order valence-electron chi connectivity index (χ2n) is 8.78. The summed E-state index contributed by atoms with van der Waals surface area (Å²) in [6.45, 7) is 3.85. The molecular weight excluding hydrogens is 464 g/mol. The standard InChI is InChI=1S/C23H26N2O3.C8H10O/c1-2-3-13-28-23(27)24-20(17-26)14-19-16-25(15-18-9-5-4-6-10-18)22-12-8-7-11-21(19)22;1-9-7-8-5-3-2-4-6-8/h4-12,16-17,20H,2-3,13-15H2,1H3,(H,24,27);2-6H,7H2,1H3/t20-;/m0./s1. The average Bonchev–Trinajstić information content (AvgIpc) is 3.27. The van der Waals surface area contributed by atoms with E-state index in [0.29, 0.717) is 19.6 Å². The van der Waals surface area contributed by atoms with E-state index in [1.54, 1.807) is 7.11 Å². The Hall–Kier alpha value is -3.90. The van der Waals surface area contributed by atoms with E-state index >= 15 is 0 Å². The van der Waals surface area contributed by atoms with Gasteiger partial charge in [0.1, 0.15) is 6.29 Å². The number of hydrogen-bond acceptors (Lipinski definition) is 4. The van der Waals surface area contributed by atoms with Gasteiger partial charge >= 0.3 is 6.09 Å². The van der Waals surface area contributed by atoms with Crippen LogP contribution < -0.4 is 5.32 Å². The molecule has 194 valence electrons. The van der Waals surface area contributed by atoms with Gasteiger partial charge in [0.25, 0.3) is 0 Å². The summed E-state index contributed by atoms with van der Waals surface area (Å²) in [5, 5.41) is 3.75. The number of hydrogen-bond donors (Lipinski definition) is 1. The van der Waals surface area contributed by atoms with Crippen LogP contribution in [0.4, 0.5) is 4.79 Å². The molecule has 1 aromatic heterocycles. The van der Waals surface area contributed by atoms with Crippen LogP contribution in [0.3, 0.4) is 0 Å². The van der Waals surface area contributed by atoms with Gasteiger partial charge in [0.05, 0.1) is 19.3 Å². The number of nitrogens with one attached hydrogen (secondary N) is 1. The molecule has 0 unspecified atom stereocenters. The summed E-state index contributed by atoms with van der Waals surface area (Å²) in [5.41, 5.74) is 4.56. The zero-order valence-electron chi connectivity index (χ0n) is 21.6. The molecule has 6 nitrogen and oxygen atoms in total. The van der Waals surface area contributed by atoms with Gasteiger partial charge in [0, 0.05) is 37.2 Å². The van der Waals surface area contributed by atoms with E-state index in [-0.39, 0.29) is 0 Å². The van der Waals surface area contributed by atoms with E-state index in [4.69, 9.17) is 9.47 Å². The van der Waals surface area contributed by atoms with Crippen molar-refractivity contribution in [2.45, 2.75) is 45.4 Å². The Labute approximate surface area is 219 Å². The van der Waals surface area contributed by atoms with Crippen LogP contribution >= 0.6 is 0 Å². The summed E-state index contributed by atoms with van der Waals surface area (Å²) in [4.78, 5) is 23.4. The molecule has 37 heavy (non-hydrogen) atoms. The Bertz CT molecular complexity index is 1220. The Morgan fingerprint density at radius 1 is 0.946 bits per heavy atom. The fourth-order valence-corrected chi connectivity index (χ4v) is 4.01. The van der Waals surface area contributed by atoms with Crippen molar-refractivity contribution in [1.29, 1.82) is 0 Å². The van der Waals surface area contributed by atoms with E-state index in [9.17, 15) is 9.59 Å². The van der Waals surface area contributed by atoms with Crippen LogP contribution in [-0.2, 0) is 33.8 Å². The summed E-state index contributed by atoms with van der Waals surface area (Å²) in [5.74, 6) is 0. The zero-order valence-corrected chi connectivity index (χ0v) is 21.6. The number of ether oxygens (including phenoxy) is 2. The van der Waals surface area contributed by atoms with Gasteiger partial charge in [-0.3, -0.25) is 0 Å². The smallest absolute Gasteiger partial charge is 0.407 e. The minimum absolute atomic E-state index is 0.365. The lowest BCUT2D eigenvalue weighted by Gasteiger charge is -2.12. The van der Waals surface area contributed by atoms with Gasteiger partial charge < -0.3 is 24.2 Å². The van der Waals surface area contributed by atoms with Crippen LogP contribution in [-0.4, -0.2) is 36.7 Å². The van der Waals surface area contributed by atoms with Gasteiger partial charge in [0.2, 0.25) is 0 Å². The lowest BCUT2D eigenvalue weighted by atomic mass is 10.1. The minimum Gasteiger partial charge on any atom is -0.450 e. The average molecular weight is 501 g/mol. The van der Waals surface area contributed by atoms with Gasteiger partial charge in [-0.25, -0.2) is 4.79 Å². The third kappa shape index (κ3) is 8.92. The molecular formula is C31H36N2O4. The second kappa shape index (κ2) is 15.3. The first kappa shape index (κ1) is 27.7. The van der Waals surface area contributed by atoms with Crippen LogP contribution in [0.25, 0.3) is 10.9 Å². The highest BCUT2D eigenvalue weighted by Gasteiger charge is 2.17. The van der Waals surface area contributed by atoms with Crippen molar-refractivity contribution < 1.29 is 19.1 Å². The summed E-state index contributed by atoms with van der Waals surface area (Å²) < 4.78 is 12.2. The Balaban J connectivity index is 0.000000356. The first-order valence-electron chi connectivity index (χ1n) is 12.7. The van der Waals surface area contributed by atoms with Gasteiger partial charge in [-0.1, -0.05) is 92.2 Å². The maximum Gasteiger partial charge on any atom is 0.407 e. The molecule has 0 aliphatic heterocycles. The number of amides is 1. The lowest BCUT2D eigenvalue weighted by Crippen LogP contribution is -2.38. The molecule has 1 heterocycles. The van der Waals surface area contributed by atoms with Crippen molar-refractivity contribution in [1.82, 2.24) is 9.88 Å². The molecule has 4 aromatic rings. The number of alkyl carbamates (subject to hydrolysis) is 1. The monoisotopic (exact) mass is 500 g/mol. The van der Waals surface area contributed by atoms with Gasteiger partial charge in [-0.15, -0.1) is 0 Å². The molecule has 1 amide bonds. The first-order chi connectivity index (χ1) is 18.1. The molecule has 4 rings (SSSR count). The van der Waals surface area contributed by atoms with Crippen molar-refractivity contribution in [2.75, 3.05) is 13.7 Å². The summed E-state index contributed by atoms with van der Waals surface area (Å²) in [7, 11) is 1.70. The minimum atomic E-state index is -0.620. The first-order valence-corrected chi connectivity index (χ1v) is 12.7. The number of nitrogens with zero attached hydrogens (tertiary/aromatic N) is 1. The predicted octanol–water partition coefficient (Wildman–Crippen LogP) is 6.16. The predicted molar refractivity (Wildman–Crippen MR) is 148 cm³/mol. The second-order valence-corrected chi connectivity index (χ2v) is 8.78. The number of para-hydroxylation sites is 1. The molecule has 0 aliphatic carbocycles. The van der Waals surface area contributed by atoms with Crippen molar-refractivity contribution >= 4 is 23.3 Å². The van der Waals surface area contributed by atoms with Crippen molar-refractivity contribution in [3.05, 3.63) is 108 Å². The lowest BCUT2D eigenvalue weighted by molar-refractivity contribution is -0.109. The number of rotatable bonds is 11. The fraction of sp³-hybridized carbons (Fsp3) is 0.290. The largest absolute Gasteiger partial charge is 0.450 e. The number of carbonyl (C=O) groups is 2. The maximum absolute atomic E-state index is 11.9. The molecule has 0 fully saturated rings. The van der Waals surface area contributed by atoms with Crippen LogP contribution in [0, 0.1) is 0 Å². The van der Waals surface area contributed by atoms with Crippen molar-refractivity contribution in [2.24, 2.45) is 0 Å². The zero-order chi connectivity index (χ0) is 26.3. The van der Waals surface area contributed by atoms with Crippen LogP contribution in [0.15, 0.2) is 91.1 Å². The van der Waals surface area contributed by atoms with E-state index in [1.807, 2.05) is 73.7 Å². The molecule has 3 aromatic carbocycles. The molecule has 1 atom stereocenters. The molecule has 0 aliphatic rings. The quantitative estimate of drug-likeness (QED) is 0.198. The van der Waals surface area contributed by atoms with Crippen LogP contribution in [0.2, 0.25) is 0 Å². The van der Waals surface area contributed by atoms with E-state index in [2.05, 4.69) is 34.3 Å². The number of aromatic nitrogens is 1. The van der Waals surface area contributed by atoms with E-state index < -0.39 is 12.1 Å². The number of unbranched alkanes of at least 4 members (excludes halogenated alkanes) is 1. The highest BCUT2D eigenvalue weighted by molar-refractivity contribution is 5.85. The molecule has 0 spiro atoms. The van der Waals surface area contributed by atoms with Crippen LogP contribution in [0.5, 0.6) is 0 Å².